The highest BCUT2D eigenvalue weighted by atomic mass is 19.1. The summed E-state index contributed by atoms with van der Waals surface area (Å²) < 4.78 is 20.8. The van der Waals surface area contributed by atoms with Crippen molar-refractivity contribution in [1.29, 1.82) is 0 Å². The number of anilines is 1. The molecule has 3 aromatic heterocycles. The molecule has 0 spiro atoms. The summed E-state index contributed by atoms with van der Waals surface area (Å²) >= 11 is 0. The molecule has 8 heteroatoms. The van der Waals surface area contributed by atoms with Gasteiger partial charge in [-0.2, -0.15) is 4.98 Å². The van der Waals surface area contributed by atoms with Gasteiger partial charge in [0.05, 0.1) is 12.0 Å². The molecule has 7 nitrogen and oxygen atoms in total. The van der Waals surface area contributed by atoms with E-state index < -0.39 is 0 Å². The lowest BCUT2D eigenvalue weighted by molar-refractivity contribution is 0.342. The van der Waals surface area contributed by atoms with Gasteiger partial charge in [-0.3, -0.25) is 14.3 Å². The third-order valence-electron chi connectivity index (χ3n) is 5.52. The molecule has 0 saturated carbocycles. The molecule has 30 heavy (non-hydrogen) atoms. The Hall–Kier alpha value is -3.55. The van der Waals surface area contributed by atoms with Crippen LogP contribution in [0.15, 0.2) is 64.3 Å². The summed E-state index contributed by atoms with van der Waals surface area (Å²) in [7, 11) is 0. The highest BCUT2D eigenvalue weighted by molar-refractivity contribution is 5.74. The molecule has 0 amide bonds. The van der Waals surface area contributed by atoms with Gasteiger partial charge < -0.3 is 9.32 Å². The van der Waals surface area contributed by atoms with Crippen LogP contribution in [0.1, 0.15) is 12.8 Å². The van der Waals surface area contributed by atoms with E-state index in [1.54, 1.807) is 35.4 Å². The molecule has 0 unspecified atom stereocenters. The van der Waals surface area contributed by atoms with E-state index in [0.717, 1.165) is 31.5 Å². The number of piperidine rings is 1. The van der Waals surface area contributed by atoms with E-state index in [1.165, 1.54) is 12.1 Å². The molecule has 5 rings (SSSR count). The van der Waals surface area contributed by atoms with E-state index in [-0.39, 0.29) is 11.4 Å². The Labute approximate surface area is 171 Å². The van der Waals surface area contributed by atoms with Crippen LogP contribution >= 0.6 is 0 Å². The number of aromatic nitrogens is 4. The molecule has 0 atom stereocenters. The van der Waals surface area contributed by atoms with Crippen molar-refractivity contribution >= 4 is 17.1 Å². The summed E-state index contributed by atoms with van der Waals surface area (Å²) in [6, 6.07) is 10.1. The van der Waals surface area contributed by atoms with Crippen molar-refractivity contribution in [2.45, 2.75) is 19.4 Å². The van der Waals surface area contributed by atoms with Gasteiger partial charge in [-0.15, -0.1) is 0 Å². The topological polar surface area (TPSA) is 77.1 Å². The minimum atomic E-state index is -0.336. The molecule has 0 bridgehead atoms. The van der Waals surface area contributed by atoms with E-state index in [9.17, 15) is 9.18 Å². The van der Waals surface area contributed by atoms with Gasteiger partial charge in [-0.1, -0.05) is 0 Å². The first-order valence-corrected chi connectivity index (χ1v) is 9.94. The number of rotatable bonds is 4. The van der Waals surface area contributed by atoms with Gasteiger partial charge in [0.15, 0.2) is 5.58 Å². The first-order chi connectivity index (χ1) is 14.7. The number of hydrogen-bond donors (Lipinski definition) is 0. The fourth-order valence-corrected chi connectivity index (χ4v) is 3.84. The zero-order chi connectivity index (χ0) is 20.5. The number of benzene rings is 1. The van der Waals surface area contributed by atoms with Crippen molar-refractivity contribution in [2.24, 2.45) is 5.92 Å². The van der Waals surface area contributed by atoms with E-state index in [4.69, 9.17) is 4.42 Å². The Morgan fingerprint density at radius 3 is 2.80 bits per heavy atom. The van der Waals surface area contributed by atoms with Crippen molar-refractivity contribution in [1.82, 2.24) is 19.5 Å². The van der Waals surface area contributed by atoms with Crippen LogP contribution in [0.5, 0.6) is 0 Å². The second-order valence-corrected chi connectivity index (χ2v) is 7.55. The maximum atomic E-state index is 13.4. The van der Waals surface area contributed by atoms with E-state index in [1.807, 2.05) is 12.1 Å². The quantitative estimate of drug-likeness (QED) is 0.517. The number of pyridine rings is 1. The fourth-order valence-electron chi connectivity index (χ4n) is 3.84. The van der Waals surface area contributed by atoms with Crippen LogP contribution in [0, 0.1) is 11.7 Å². The summed E-state index contributed by atoms with van der Waals surface area (Å²) in [5, 5.41) is 0. The first-order valence-electron chi connectivity index (χ1n) is 9.94. The highest BCUT2D eigenvalue weighted by Crippen LogP contribution is 2.27. The SMILES string of the molecule is O=c1cc(-c2cccnc2)ncn1CC1CCN(c2nc3ccc(F)cc3o2)CC1. The van der Waals surface area contributed by atoms with Crippen LogP contribution in [0.2, 0.25) is 0 Å². The molecule has 1 aliphatic heterocycles. The Balaban J connectivity index is 1.24. The Morgan fingerprint density at radius 2 is 2.03 bits per heavy atom. The van der Waals surface area contributed by atoms with E-state index in [2.05, 4.69) is 19.9 Å². The number of hydrogen-bond acceptors (Lipinski definition) is 6. The van der Waals surface area contributed by atoms with Gasteiger partial charge in [0.25, 0.3) is 11.6 Å². The molecule has 4 heterocycles. The lowest BCUT2D eigenvalue weighted by atomic mass is 9.97. The predicted octanol–water partition coefficient (Wildman–Crippen LogP) is 3.50. The maximum absolute atomic E-state index is 13.4. The zero-order valence-electron chi connectivity index (χ0n) is 16.2. The maximum Gasteiger partial charge on any atom is 0.298 e. The molecule has 0 N–H and O–H groups in total. The summed E-state index contributed by atoms with van der Waals surface area (Å²) in [6.45, 7) is 2.18. The van der Waals surface area contributed by atoms with E-state index in [0.29, 0.717) is 35.3 Å². The minimum Gasteiger partial charge on any atom is -0.423 e. The summed E-state index contributed by atoms with van der Waals surface area (Å²) in [4.78, 5) is 27.6. The summed E-state index contributed by atoms with van der Waals surface area (Å²) in [5.74, 6) is 0.0318. The molecular weight excluding hydrogens is 385 g/mol. The van der Waals surface area contributed by atoms with Gasteiger partial charge in [0.1, 0.15) is 11.3 Å². The van der Waals surface area contributed by atoms with Crippen LogP contribution < -0.4 is 10.5 Å². The number of nitrogens with zero attached hydrogens (tertiary/aromatic N) is 5. The van der Waals surface area contributed by atoms with E-state index >= 15 is 0 Å². The molecule has 1 fully saturated rings. The summed E-state index contributed by atoms with van der Waals surface area (Å²) in [6.07, 6.45) is 6.82. The van der Waals surface area contributed by atoms with Crippen LogP contribution in [0.4, 0.5) is 10.4 Å². The molecule has 1 aromatic carbocycles. The Bertz CT molecular complexity index is 1230. The minimum absolute atomic E-state index is 0.0627. The number of fused-ring (bicyclic) bond motifs is 1. The molecule has 1 aliphatic rings. The molecule has 0 aliphatic carbocycles. The van der Waals surface area contributed by atoms with Crippen LogP contribution in [0.25, 0.3) is 22.4 Å². The molecule has 152 valence electrons. The average Bonchev–Trinajstić information content (AvgIpc) is 3.19. The van der Waals surface area contributed by atoms with Gasteiger partial charge in [0.2, 0.25) is 0 Å². The molecule has 1 saturated heterocycles. The predicted molar refractivity (Wildman–Crippen MR) is 111 cm³/mol. The third-order valence-corrected chi connectivity index (χ3v) is 5.52. The Kier molecular flexibility index (Phi) is 4.74. The second-order valence-electron chi connectivity index (χ2n) is 7.55. The van der Waals surface area contributed by atoms with Crippen molar-refractivity contribution in [3.05, 3.63) is 71.3 Å². The fraction of sp³-hybridized carbons (Fsp3) is 0.273. The molecule has 4 aromatic rings. The van der Waals surface area contributed by atoms with Crippen molar-refractivity contribution in [3.63, 3.8) is 0 Å². The normalized spacial score (nSPS) is 15.0. The lowest BCUT2D eigenvalue weighted by Gasteiger charge is -2.31. The van der Waals surface area contributed by atoms with Crippen molar-refractivity contribution in [3.8, 4) is 11.3 Å². The first kappa shape index (κ1) is 18.5. The smallest absolute Gasteiger partial charge is 0.298 e. The van der Waals surface area contributed by atoms with Gasteiger partial charge in [0, 0.05) is 49.7 Å². The van der Waals surface area contributed by atoms with Gasteiger partial charge in [-0.25, -0.2) is 9.37 Å². The summed E-state index contributed by atoms with van der Waals surface area (Å²) in [5.41, 5.74) is 2.51. The molecule has 0 radical (unpaired) electrons. The molecular formula is C22H20FN5O2. The van der Waals surface area contributed by atoms with Gasteiger partial charge in [-0.05, 0) is 43.0 Å². The Morgan fingerprint density at radius 1 is 1.17 bits per heavy atom. The zero-order valence-corrected chi connectivity index (χ0v) is 16.2. The highest BCUT2D eigenvalue weighted by Gasteiger charge is 2.23. The van der Waals surface area contributed by atoms with Crippen LogP contribution in [0.3, 0.4) is 0 Å². The lowest BCUT2D eigenvalue weighted by Crippen LogP contribution is -2.36. The average molecular weight is 405 g/mol. The number of halogens is 1. The largest absolute Gasteiger partial charge is 0.423 e. The second kappa shape index (κ2) is 7.70. The van der Waals surface area contributed by atoms with Crippen molar-refractivity contribution < 1.29 is 8.81 Å². The number of oxazole rings is 1. The third kappa shape index (κ3) is 3.68. The monoisotopic (exact) mass is 405 g/mol. The van der Waals surface area contributed by atoms with Crippen LogP contribution in [-0.2, 0) is 6.54 Å². The van der Waals surface area contributed by atoms with Gasteiger partial charge >= 0.3 is 0 Å². The van der Waals surface area contributed by atoms with Crippen LogP contribution in [-0.4, -0.2) is 32.6 Å². The standard InChI is InChI=1S/C22H20FN5O2/c23-17-3-4-18-20(10-17)30-22(26-18)27-8-5-15(6-9-27)13-28-14-25-19(11-21(28)29)16-2-1-7-24-12-16/h1-4,7,10-12,14-15H,5-6,8-9,13H2. The van der Waals surface area contributed by atoms with Crippen molar-refractivity contribution in [2.75, 3.05) is 18.0 Å².